The van der Waals surface area contributed by atoms with Crippen molar-refractivity contribution in [3.63, 3.8) is 0 Å². The van der Waals surface area contributed by atoms with Gasteiger partial charge in [-0.15, -0.1) is 16.4 Å². The van der Waals surface area contributed by atoms with Crippen LogP contribution in [-0.4, -0.2) is 39.2 Å². The van der Waals surface area contributed by atoms with Gasteiger partial charge in [-0.3, -0.25) is 4.79 Å². The molecule has 24 heavy (non-hydrogen) atoms. The molecule has 124 valence electrons. The maximum absolute atomic E-state index is 12.6. The third-order valence-corrected chi connectivity index (χ3v) is 4.60. The third kappa shape index (κ3) is 3.38. The van der Waals surface area contributed by atoms with Crippen molar-refractivity contribution in [2.75, 3.05) is 13.6 Å². The first-order chi connectivity index (χ1) is 11.7. The zero-order valence-corrected chi connectivity index (χ0v) is 14.7. The molecule has 0 aliphatic rings. The normalized spacial score (nSPS) is 10.8. The minimum Gasteiger partial charge on any atom is -0.339 e. The standard InChI is InChI=1S/C18H20N4OS/c1-3-4-12-21(2)18(23)16-19-17(15-11-8-13-24-15)22(20-16)14-9-6-5-7-10-14/h5-11,13H,3-4,12H2,1-2H3. The van der Waals surface area contributed by atoms with Crippen LogP contribution in [0.5, 0.6) is 0 Å². The lowest BCUT2D eigenvalue weighted by Crippen LogP contribution is -2.28. The summed E-state index contributed by atoms with van der Waals surface area (Å²) < 4.78 is 1.74. The molecule has 2 heterocycles. The average molecular weight is 340 g/mol. The highest BCUT2D eigenvalue weighted by molar-refractivity contribution is 7.13. The number of carbonyl (C=O) groups excluding carboxylic acids is 1. The highest BCUT2D eigenvalue weighted by Gasteiger charge is 2.21. The first-order valence-corrected chi connectivity index (χ1v) is 8.90. The van der Waals surface area contributed by atoms with E-state index in [1.807, 2.05) is 47.8 Å². The second kappa shape index (κ2) is 7.40. The van der Waals surface area contributed by atoms with Crippen LogP contribution in [-0.2, 0) is 0 Å². The molecule has 5 nitrogen and oxygen atoms in total. The number of amides is 1. The fourth-order valence-electron chi connectivity index (χ4n) is 2.38. The van der Waals surface area contributed by atoms with E-state index in [0.717, 1.165) is 23.4 Å². The fraction of sp³-hybridized carbons (Fsp3) is 0.278. The summed E-state index contributed by atoms with van der Waals surface area (Å²) in [7, 11) is 1.80. The number of thiophene rings is 1. The summed E-state index contributed by atoms with van der Waals surface area (Å²) >= 11 is 1.58. The highest BCUT2D eigenvalue weighted by Crippen LogP contribution is 2.25. The molecular formula is C18H20N4OS. The topological polar surface area (TPSA) is 51.0 Å². The van der Waals surface area contributed by atoms with Gasteiger partial charge in [-0.25, -0.2) is 9.67 Å². The van der Waals surface area contributed by atoms with E-state index in [4.69, 9.17) is 0 Å². The lowest BCUT2D eigenvalue weighted by Gasteiger charge is -2.14. The molecule has 0 aliphatic heterocycles. The number of aromatic nitrogens is 3. The molecule has 6 heteroatoms. The maximum Gasteiger partial charge on any atom is 0.293 e. The van der Waals surface area contributed by atoms with Crippen LogP contribution in [0.1, 0.15) is 30.4 Å². The lowest BCUT2D eigenvalue weighted by atomic mass is 10.3. The molecule has 3 rings (SSSR count). The number of unbranched alkanes of at least 4 members (excludes halogenated alkanes) is 1. The molecule has 0 unspecified atom stereocenters. The molecule has 0 spiro atoms. The fourth-order valence-corrected chi connectivity index (χ4v) is 3.08. The van der Waals surface area contributed by atoms with Crippen molar-refractivity contribution < 1.29 is 4.79 Å². The molecule has 0 radical (unpaired) electrons. The Labute approximate surface area is 145 Å². The SMILES string of the molecule is CCCCN(C)C(=O)c1nc(-c2cccs2)n(-c2ccccc2)n1. The molecule has 0 bridgehead atoms. The molecule has 1 amide bonds. The van der Waals surface area contributed by atoms with E-state index < -0.39 is 0 Å². The van der Waals surface area contributed by atoms with Gasteiger partial charge < -0.3 is 4.90 Å². The molecule has 0 atom stereocenters. The lowest BCUT2D eigenvalue weighted by molar-refractivity contribution is 0.0781. The summed E-state index contributed by atoms with van der Waals surface area (Å²) in [6, 6.07) is 13.7. The van der Waals surface area contributed by atoms with Crippen LogP contribution in [0, 0.1) is 0 Å². The van der Waals surface area contributed by atoms with Gasteiger partial charge in [0.15, 0.2) is 5.82 Å². The van der Waals surface area contributed by atoms with E-state index in [-0.39, 0.29) is 11.7 Å². The Hall–Kier alpha value is -2.47. The number of hydrogen-bond donors (Lipinski definition) is 0. The average Bonchev–Trinajstić information content (AvgIpc) is 3.28. The van der Waals surface area contributed by atoms with E-state index in [9.17, 15) is 4.79 Å². The second-order valence-corrected chi connectivity index (χ2v) is 6.51. The molecule has 0 N–H and O–H groups in total. The Morgan fingerprint density at radius 2 is 2.00 bits per heavy atom. The number of rotatable bonds is 6. The summed E-state index contributed by atoms with van der Waals surface area (Å²) in [5.74, 6) is 0.792. The van der Waals surface area contributed by atoms with Crippen LogP contribution in [0.25, 0.3) is 16.4 Å². The largest absolute Gasteiger partial charge is 0.339 e. The molecule has 0 saturated heterocycles. The van der Waals surface area contributed by atoms with Crippen LogP contribution in [0.3, 0.4) is 0 Å². The molecule has 0 saturated carbocycles. The van der Waals surface area contributed by atoms with Gasteiger partial charge in [-0.1, -0.05) is 37.6 Å². The van der Waals surface area contributed by atoms with Gasteiger partial charge >= 0.3 is 0 Å². The first-order valence-electron chi connectivity index (χ1n) is 8.02. The summed E-state index contributed by atoms with van der Waals surface area (Å²) in [5.41, 5.74) is 0.892. The van der Waals surface area contributed by atoms with E-state index in [1.165, 1.54) is 0 Å². The van der Waals surface area contributed by atoms with Crippen LogP contribution < -0.4 is 0 Å². The van der Waals surface area contributed by atoms with Crippen LogP contribution >= 0.6 is 11.3 Å². The predicted molar refractivity (Wildman–Crippen MR) is 96.5 cm³/mol. The molecule has 0 fully saturated rings. The van der Waals surface area contributed by atoms with Gasteiger partial charge in [0.05, 0.1) is 10.6 Å². The summed E-state index contributed by atoms with van der Waals surface area (Å²) in [6.07, 6.45) is 2.02. The quantitative estimate of drug-likeness (QED) is 0.684. The van der Waals surface area contributed by atoms with Gasteiger partial charge in [0.1, 0.15) is 0 Å². The Morgan fingerprint density at radius 1 is 1.21 bits per heavy atom. The van der Waals surface area contributed by atoms with Crippen molar-refractivity contribution in [3.05, 3.63) is 53.7 Å². The number of nitrogens with zero attached hydrogens (tertiary/aromatic N) is 4. The number of carbonyl (C=O) groups is 1. The van der Waals surface area contributed by atoms with Gasteiger partial charge in [0, 0.05) is 13.6 Å². The van der Waals surface area contributed by atoms with E-state index in [1.54, 1.807) is 28.0 Å². The van der Waals surface area contributed by atoms with Crippen LogP contribution in [0.2, 0.25) is 0 Å². The predicted octanol–water partition coefficient (Wildman–Crippen LogP) is 3.87. The Morgan fingerprint density at radius 3 is 2.67 bits per heavy atom. The summed E-state index contributed by atoms with van der Waals surface area (Å²) in [6.45, 7) is 2.82. The summed E-state index contributed by atoms with van der Waals surface area (Å²) in [4.78, 5) is 19.8. The van der Waals surface area contributed by atoms with Crippen molar-refractivity contribution in [1.82, 2.24) is 19.7 Å². The number of hydrogen-bond acceptors (Lipinski definition) is 4. The highest BCUT2D eigenvalue weighted by atomic mass is 32.1. The van der Waals surface area contributed by atoms with Gasteiger partial charge in [0.25, 0.3) is 5.91 Å². The zero-order chi connectivity index (χ0) is 16.9. The second-order valence-electron chi connectivity index (χ2n) is 5.56. The molecular weight excluding hydrogens is 320 g/mol. The molecule has 2 aromatic heterocycles. The van der Waals surface area contributed by atoms with E-state index >= 15 is 0 Å². The monoisotopic (exact) mass is 340 g/mol. The van der Waals surface area contributed by atoms with Crippen molar-refractivity contribution >= 4 is 17.2 Å². The van der Waals surface area contributed by atoms with Crippen LogP contribution in [0.4, 0.5) is 0 Å². The molecule has 1 aromatic carbocycles. The minimum absolute atomic E-state index is 0.143. The third-order valence-electron chi connectivity index (χ3n) is 3.73. The molecule has 0 aliphatic carbocycles. The van der Waals surface area contributed by atoms with Crippen molar-refractivity contribution in [1.29, 1.82) is 0 Å². The van der Waals surface area contributed by atoms with Gasteiger partial charge in [-0.2, -0.15) is 0 Å². The van der Waals surface area contributed by atoms with Crippen molar-refractivity contribution in [2.24, 2.45) is 0 Å². The van der Waals surface area contributed by atoms with Gasteiger partial charge in [-0.05, 0) is 30.0 Å². The molecule has 3 aromatic rings. The number of benzene rings is 1. The van der Waals surface area contributed by atoms with Crippen molar-refractivity contribution in [2.45, 2.75) is 19.8 Å². The smallest absolute Gasteiger partial charge is 0.293 e. The minimum atomic E-state index is -0.143. The first kappa shape index (κ1) is 16.4. The van der Waals surface area contributed by atoms with Crippen molar-refractivity contribution in [3.8, 4) is 16.4 Å². The zero-order valence-electron chi connectivity index (χ0n) is 13.8. The maximum atomic E-state index is 12.6. The van der Waals surface area contributed by atoms with Gasteiger partial charge in [0.2, 0.25) is 5.82 Å². The number of para-hydroxylation sites is 1. The Bertz CT molecular complexity index is 796. The van der Waals surface area contributed by atoms with E-state index in [0.29, 0.717) is 12.4 Å². The van der Waals surface area contributed by atoms with E-state index in [2.05, 4.69) is 17.0 Å². The Kier molecular flexibility index (Phi) is 5.05. The van der Waals surface area contributed by atoms with Crippen LogP contribution in [0.15, 0.2) is 47.8 Å². The summed E-state index contributed by atoms with van der Waals surface area (Å²) in [5, 5.41) is 6.48. The Balaban J connectivity index is 1.99.